The molecular weight excluding hydrogens is 288 g/mol. The summed E-state index contributed by atoms with van der Waals surface area (Å²) >= 11 is 0. The van der Waals surface area contributed by atoms with Gasteiger partial charge >= 0.3 is 0 Å². The second-order valence-electron chi connectivity index (χ2n) is 5.49. The van der Waals surface area contributed by atoms with Crippen LogP contribution >= 0.6 is 0 Å². The molecule has 5 nitrogen and oxygen atoms in total. The van der Waals surface area contributed by atoms with E-state index in [1.807, 2.05) is 36.4 Å². The van der Waals surface area contributed by atoms with E-state index in [-0.39, 0.29) is 5.91 Å². The van der Waals surface area contributed by atoms with Crippen molar-refractivity contribution in [1.29, 1.82) is 0 Å². The van der Waals surface area contributed by atoms with Gasteiger partial charge in [-0.05, 0) is 30.5 Å². The van der Waals surface area contributed by atoms with Crippen LogP contribution in [0.3, 0.4) is 0 Å². The molecule has 1 amide bonds. The van der Waals surface area contributed by atoms with Gasteiger partial charge in [-0.1, -0.05) is 30.3 Å². The van der Waals surface area contributed by atoms with Crippen LogP contribution in [-0.2, 0) is 11.3 Å². The van der Waals surface area contributed by atoms with Crippen molar-refractivity contribution in [3.05, 3.63) is 60.1 Å². The number of benzene rings is 1. The third kappa shape index (κ3) is 4.39. The minimum atomic E-state index is -0.149. The van der Waals surface area contributed by atoms with Crippen LogP contribution in [0.2, 0.25) is 0 Å². The van der Waals surface area contributed by atoms with Gasteiger partial charge in [0.15, 0.2) is 0 Å². The van der Waals surface area contributed by atoms with E-state index in [0.717, 1.165) is 24.5 Å². The molecule has 0 spiro atoms. The molecule has 0 atom stereocenters. The number of carbonyl (C=O) groups excluding carboxylic acids is 1. The number of amides is 1. The summed E-state index contributed by atoms with van der Waals surface area (Å²) in [5.41, 5.74) is 0.995. The molecule has 1 aliphatic rings. The average Bonchev–Trinajstić information content (AvgIpc) is 3.14. The molecule has 3 rings (SSSR count). The fraction of sp³-hybridized carbons (Fsp3) is 0.278. The van der Waals surface area contributed by atoms with Crippen molar-refractivity contribution in [3.8, 4) is 0 Å². The number of carbonyl (C=O) groups is 1. The van der Waals surface area contributed by atoms with Crippen LogP contribution in [0.25, 0.3) is 6.08 Å². The van der Waals surface area contributed by atoms with Crippen LogP contribution in [0.15, 0.2) is 48.7 Å². The molecule has 0 radical (unpaired) electrons. The molecular formula is C18H20N4O. The van der Waals surface area contributed by atoms with Gasteiger partial charge in [-0.2, -0.15) is 0 Å². The fourth-order valence-corrected chi connectivity index (χ4v) is 2.56. The molecule has 2 heterocycles. The van der Waals surface area contributed by atoms with E-state index in [1.54, 1.807) is 12.3 Å². The monoisotopic (exact) mass is 308 g/mol. The largest absolute Gasteiger partial charge is 0.357 e. The molecule has 5 heteroatoms. The molecule has 1 aromatic heterocycles. The fourth-order valence-electron chi connectivity index (χ4n) is 2.56. The summed E-state index contributed by atoms with van der Waals surface area (Å²) in [4.78, 5) is 22.9. The Bertz CT molecular complexity index is 678. The Kier molecular flexibility index (Phi) is 4.99. The van der Waals surface area contributed by atoms with Crippen LogP contribution in [0.4, 0.5) is 5.82 Å². The number of nitrogens with zero attached hydrogens (tertiary/aromatic N) is 3. The lowest BCUT2D eigenvalue weighted by Crippen LogP contribution is -2.23. The molecule has 1 saturated heterocycles. The van der Waals surface area contributed by atoms with Crippen molar-refractivity contribution in [2.24, 2.45) is 0 Å². The SMILES string of the molecule is O=C(/C=C/c1ccccc1)NCc1nccc(N2CCCC2)n1. The average molecular weight is 308 g/mol. The number of hydrogen-bond acceptors (Lipinski definition) is 4. The zero-order chi connectivity index (χ0) is 15.9. The lowest BCUT2D eigenvalue weighted by molar-refractivity contribution is -0.116. The van der Waals surface area contributed by atoms with Crippen LogP contribution in [0.5, 0.6) is 0 Å². The number of rotatable bonds is 5. The number of anilines is 1. The first kappa shape index (κ1) is 15.2. The highest BCUT2D eigenvalue weighted by Crippen LogP contribution is 2.16. The van der Waals surface area contributed by atoms with Crippen molar-refractivity contribution in [2.45, 2.75) is 19.4 Å². The van der Waals surface area contributed by atoms with Gasteiger partial charge in [0.05, 0.1) is 6.54 Å². The van der Waals surface area contributed by atoms with E-state index in [0.29, 0.717) is 12.4 Å². The first-order valence-electron chi connectivity index (χ1n) is 7.89. The van der Waals surface area contributed by atoms with Crippen LogP contribution < -0.4 is 10.2 Å². The second-order valence-corrected chi connectivity index (χ2v) is 5.49. The van der Waals surface area contributed by atoms with Gasteiger partial charge in [-0.25, -0.2) is 9.97 Å². The number of aromatic nitrogens is 2. The molecule has 23 heavy (non-hydrogen) atoms. The Morgan fingerprint density at radius 2 is 1.96 bits per heavy atom. The van der Waals surface area contributed by atoms with E-state index in [9.17, 15) is 4.79 Å². The van der Waals surface area contributed by atoms with Crippen molar-refractivity contribution in [2.75, 3.05) is 18.0 Å². The first-order chi connectivity index (χ1) is 11.3. The lowest BCUT2D eigenvalue weighted by Gasteiger charge is -2.16. The summed E-state index contributed by atoms with van der Waals surface area (Å²) < 4.78 is 0. The van der Waals surface area contributed by atoms with Crippen molar-refractivity contribution >= 4 is 17.8 Å². The van der Waals surface area contributed by atoms with Crippen LogP contribution in [0, 0.1) is 0 Å². The van der Waals surface area contributed by atoms with Gasteiger partial charge in [0, 0.05) is 25.4 Å². The molecule has 1 fully saturated rings. The maximum atomic E-state index is 11.9. The van der Waals surface area contributed by atoms with Crippen LogP contribution in [0.1, 0.15) is 24.2 Å². The van der Waals surface area contributed by atoms with E-state index < -0.39 is 0 Å². The van der Waals surface area contributed by atoms with Gasteiger partial charge in [0.1, 0.15) is 11.6 Å². The molecule has 1 N–H and O–H groups in total. The summed E-state index contributed by atoms with van der Waals surface area (Å²) in [6.45, 7) is 2.42. The van der Waals surface area contributed by atoms with Crippen molar-refractivity contribution in [1.82, 2.24) is 15.3 Å². The maximum Gasteiger partial charge on any atom is 0.244 e. The third-order valence-corrected chi connectivity index (χ3v) is 3.77. The Morgan fingerprint density at radius 1 is 1.17 bits per heavy atom. The summed E-state index contributed by atoms with van der Waals surface area (Å²) in [5, 5.41) is 2.82. The standard InChI is InChI=1S/C18H20N4O/c23-18(9-8-15-6-2-1-3-7-15)20-14-16-19-11-10-17(21-16)22-12-4-5-13-22/h1-3,6-11H,4-5,12-14H2,(H,20,23)/b9-8+. The minimum Gasteiger partial charge on any atom is -0.357 e. The first-order valence-corrected chi connectivity index (χ1v) is 7.89. The molecule has 118 valence electrons. The molecule has 2 aromatic rings. The minimum absolute atomic E-state index is 0.149. The molecule has 1 aliphatic heterocycles. The topological polar surface area (TPSA) is 58.1 Å². The normalized spacial score (nSPS) is 14.3. The van der Waals surface area contributed by atoms with E-state index in [2.05, 4.69) is 20.2 Å². The van der Waals surface area contributed by atoms with Crippen molar-refractivity contribution < 1.29 is 4.79 Å². The van der Waals surface area contributed by atoms with Gasteiger partial charge < -0.3 is 10.2 Å². The predicted molar refractivity (Wildman–Crippen MR) is 90.8 cm³/mol. The quantitative estimate of drug-likeness (QED) is 0.862. The molecule has 1 aromatic carbocycles. The van der Waals surface area contributed by atoms with Gasteiger partial charge in [-0.3, -0.25) is 4.79 Å². The van der Waals surface area contributed by atoms with E-state index in [1.165, 1.54) is 18.9 Å². The van der Waals surface area contributed by atoms with Gasteiger partial charge in [0.2, 0.25) is 5.91 Å². The zero-order valence-electron chi connectivity index (χ0n) is 13.0. The number of hydrogen-bond donors (Lipinski definition) is 1. The van der Waals surface area contributed by atoms with E-state index in [4.69, 9.17) is 0 Å². The zero-order valence-corrected chi connectivity index (χ0v) is 13.0. The summed E-state index contributed by atoms with van der Waals surface area (Å²) in [6, 6.07) is 11.7. The molecule has 0 aliphatic carbocycles. The highest BCUT2D eigenvalue weighted by atomic mass is 16.1. The Balaban J connectivity index is 1.54. The number of nitrogens with one attached hydrogen (secondary N) is 1. The highest BCUT2D eigenvalue weighted by Gasteiger charge is 2.13. The lowest BCUT2D eigenvalue weighted by atomic mass is 10.2. The summed E-state index contributed by atoms with van der Waals surface area (Å²) in [6.07, 6.45) is 7.49. The van der Waals surface area contributed by atoms with Crippen molar-refractivity contribution in [3.63, 3.8) is 0 Å². The van der Waals surface area contributed by atoms with E-state index >= 15 is 0 Å². The van der Waals surface area contributed by atoms with Gasteiger partial charge in [0.25, 0.3) is 0 Å². The predicted octanol–water partition coefficient (Wildman–Crippen LogP) is 2.41. The second kappa shape index (κ2) is 7.54. The third-order valence-electron chi connectivity index (χ3n) is 3.77. The Hall–Kier alpha value is -2.69. The molecule has 0 saturated carbocycles. The molecule has 0 bridgehead atoms. The summed E-state index contributed by atoms with van der Waals surface area (Å²) in [5.74, 6) is 1.43. The van der Waals surface area contributed by atoms with Crippen LogP contribution in [-0.4, -0.2) is 29.0 Å². The maximum absolute atomic E-state index is 11.9. The summed E-state index contributed by atoms with van der Waals surface area (Å²) in [7, 11) is 0. The Morgan fingerprint density at radius 3 is 2.74 bits per heavy atom. The highest BCUT2D eigenvalue weighted by molar-refractivity contribution is 5.91. The van der Waals surface area contributed by atoms with Gasteiger partial charge in [-0.15, -0.1) is 0 Å². The Labute approximate surface area is 136 Å². The molecule has 0 unspecified atom stereocenters. The smallest absolute Gasteiger partial charge is 0.244 e.